The van der Waals surface area contributed by atoms with Gasteiger partial charge in [-0.2, -0.15) is 0 Å². The molecule has 1 heterocycles. The second kappa shape index (κ2) is 10.3. The first-order valence-corrected chi connectivity index (χ1v) is 13.9. The van der Waals surface area contributed by atoms with Crippen molar-refractivity contribution < 1.29 is 13.2 Å². The SMILES string of the molecule is CC(C)c1ccc(S(=O)(=O)n2c(-c3ccccc3)c(OCCN(C)C)c3cc(Cl)cc(Br)c32)cc1. The molecule has 0 aliphatic rings. The van der Waals surface area contributed by atoms with E-state index in [1.807, 2.05) is 61.5 Å². The average Bonchev–Trinajstić information content (AvgIpc) is 3.14. The minimum atomic E-state index is -3.99. The average molecular weight is 576 g/mol. The van der Waals surface area contributed by atoms with Crippen molar-refractivity contribution in [2.75, 3.05) is 27.2 Å². The molecular weight excluding hydrogens is 548 g/mol. The summed E-state index contributed by atoms with van der Waals surface area (Å²) in [4.78, 5) is 2.22. The summed E-state index contributed by atoms with van der Waals surface area (Å²) in [5, 5.41) is 1.11. The van der Waals surface area contributed by atoms with Crippen molar-refractivity contribution in [2.24, 2.45) is 0 Å². The van der Waals surface area contributed by atoms with Gasteiger partial charge in [0.2, 0.25) is 0 Å². The van der Waals surface area contributed by atoms with Gasteiger partial charge in [-0.15, -0.1) is 0 Å². The maximum atomic E-state index is 14.2. The summed E-state index contributed by atoms with van der Waals surface area (Å²) in [6, 6.07) is 20.0. The lowest BCUT2D eigenvalue weighted by atomic mass is 10.0. The van der Waals surface area contributed by atoms with Gasteiger partial charge in [0.25, 0.3) is 10.0 Å². The fourth-order valence-corrected chi connectivity index (χ4v) is 6.63. The second-order valence-electron chi connectivity index (χ2n) is 8.97. The van der Waals surface area contributed by atoms with Gasteiger partial charge in [-0.3, -0.25) is 0 Å². The number of fused-ring (bicyclic) bond motifs is 1. The number of aromatic nitrogens is 1. The predicted molar refractivity (Wildman–Crippen MR) is 147 cm³/mol. The highest BCUT2D eigenvalue weighted by Crippen LogP contribution is 2.45. The molecule has 0 fully saturated rings. The van der Waals surface area contributed by atoms with Crippen molar-refractivity contribution in [3.8, 4) is 17.0 Å². The molecule has 184 valence electrons. The zero-order valence-corrected chi connectivity index (χ0v) is 23.3. The fraction of sp³-hybridized carbons (Fsp3) is 0.259. The van der Waals surface area contributed by atoms with E-state index in [1.54, 1.807) is 24.3 Å². The number of hydrogen-bond acceptors (Lipinski definition) is 4. The molecule has 3 aromatic carbocycles. The molecule has 0 amide bonds. The van der Waals surface area contributed by atoms with Crippen LogP contribution < -0.4 is 4.74 Å². The van der Waals surface area contributed by atoms with Crippen molar-refractivity contribution in [3.05, 3.63) is 81.8 Å². The van der Waals surface area contributed by atoms with Gasteiger partial charge in [-0.25, -0.2) is 12.4 Å². The Morgan fingerprint density at radius 1 is 1.03 bits per heavy atom. The highest BCUT2D eigenvalue weighted by atomic mass is 79.9. The van der Waals surface area contributed by atoms with E-state index in [4.69, 9.17) is 16.3 Å². The summed E-state index contributed by atoms with van der Waals surface area (Å²) in [5.41, 5.74) is 2.76. The Kier molecular flexibility index (Phi) is 7.62. The number of benzene rings is 3. The molecule has 5 nitrogen and oxygen atoms in total. The zero-order valence-electron chi connectivity index (χ0n) is 20.1. The van der Waals surface area contributed by atoms with Gasteiger partial charge in [0.1, 0.15) is 12.3 Å². The smallest absolute Gasteiger partial charge is 0.268 e. The summed E-state index contributed by atoms with van der Waals surface area (Å²) in [5.74, 6) is 0.783. The number of rotatable bonds is 8. The van der Waals surface area contributed by atoms with E-state index in [-0.39, 0.29) is 4.90 Å². The number of hydrogen-bond donors (Lipinski definition) is 0. The Balaban J connectivity index is 2.05. The summed E-state index contributed by atoms with van der Waals surface area (Å²) in [6.07, 6.45) is 0. The predicted octanol–water partition coefficient (Wildman–Crippen LogP) is 7.03. The van der Waals surface area contributed by atoms with Crippen molar-refractivity contribution in [2.45, 2.75) is 24.7 Å². The van der Waals surface area contributed by atoms with Gasteiger partial charge in [0.05, 0.1) is 10.4 Å². The van der Waals surface area contributed by atoms with Crippen LogP contribution in [0.1, 0.15) is 25.3 Å². The monoisotopic (exact) mass is 574 g/mol. The van der Waals surface area contributed by atoms with Gasteiger partial charge >= 0.3 is 0 Å². The molecular formula is C27H28BrClN2O3S. The number of likely N-dealkylation sites (N-methyl/N-ethyl adjacent to an activating group) is 1. The summed E-state index contributed by atoms with van der Waals surface area (Å²) in [7, 11) is -0.0660. The summed E-state index contributed by atoms with van der Waals surface area (Å²) in [6.45, 7) is 5.22. The number of nitrogens with zero attached hydrogens (tertiary/aromatic N) is 2. The van der Waals surface area contributed by atoms with Crippen LogP contribution in [-0.2, 0) is 10.0 Å². The molecule has 0 unspecified atom stereocenters. The molecule has 0 radical (unpaired) electrons. The molecule has 0 aliphatic heterocycles. The quantitative estimate of drug-likeness (QED) is 0.226. The van der Waals surface area contributed by atoms with Gasteiger partial charge in [-0.1, -0.05) is 67.9 Å². The Morgan fingerprint density at radius 3 is 2.29 bits per heavy atom. The van der Waals surface area contributed by atoms with E-state index in [9.17, 15) is 8.42 Å². The van der Waals surface area contributed by atoms with Gasteiger partial charge in [0.15, 0.2) is 5.75 Å². The maximum Gasteiger partial charge on any atom is 0.268 e. The lowest BCUT2D eigenvalue weighted by molar-refractivity contribution is 0.264. The van der Waals surface area contributed by atoms with Gasteiger partial charge < -0.3 is 9.64 Å². The molecule has 0 N–H and O–H groups in total. The van der Waals surface area contributed by atoms with Crippen molar-refractivity contribution in [1.82, 2.24) is 8.87 Å². The second-order valence-corrected chi connectivity index (χ2v) is 12.0. The zero-order chi connectivity index (χ0) is 25.3. The number of halogens is 2. The lowest BCUT2D eigenvalue weighted by Gasteiger charge is -2.15. The van der Waals surface area contributed by atoms with Crippen molar-refractivity contribution >= 4 is 48.5 Å². The third kappa shape index (κ3) is 5.14. The Bertz CT molecular complexity index is 1450. The number of ether oxygens (including phenoxy) is 1. The van der Waals surface area contributed by atoms with Crippen LogP contribution in [0.15, 0.2) is 76.1 Å². The topological polar surface area (TPSA) is 51.5 Å². The van der Waals surface area contributed by atoms with Crippen LogP contribution in [-0.4, -0.2) is 44.5 Å². The summed E-state index contributed by atoms with van der Waals surface area (Å²) < 4.78 is 36.6. The molecule has 0 spiro atoms. The van der Waals surface area contributed by atoms with E-state index in [0.29, 0.717) is 50.9 Å². The normalized spacial score (nSPS) is 12.1. The Morgan fingerprint density at radius 2 is 1.69 bits per heavy atom. The van der Waals surface area contributed by atoms with Gasteiger partial charge in [-0.05, 0) is 65.8 Å². The molecule has 8 heteroatoms. The third-order valence-electron chi connectivity index (χ3n) is 5.81. The molecule has 4 aromatic rings. The molecule has 0 aliphatic carbocycles. The van der Waals surface area contributed by atoms with Crippen molar-refractivity contribution in [3.63, 3.8) is 0 Å². The largest absolute Gasteiger partial charge is 0.489 e. The van der Waals surface area contributed by atoms with E-state index in [1.165, 1.54) is 3.97 Å². The molecule has 0 saturated carbocycles. The highest BCUT2D eigenvalue weighted by Gasteiger charge is 2.30. The first-order valence-electron chi connectivity index (χ1n) is 11.3. The molecule has 1 aromatic heterocycles. The van der Waals surface area contributed by atoms with Crippen LogP contribution in [0.4, 0.5) is 0 Å². The van der Waals surface area contributed by atoms with E-state index < -0.39 is 10.0 Å². The molecule has 0 atom stereocenters. The van der Waals surface area contributed by atoms with Crippen LogP contribution in [0.5, 0.6) is 5.75 Å². The van der Waals surface area contributed by atoms with Crippen LogP contribution in [0.2, 0.25) is 5.02 Å². The lowest BCUT2D eigenvalue weighted by Crippen LogP contribution is -2.19. The van der Waals surface area contributed by atoms with E-state index in [2.05, 4.69) is 29.8 Å². The first kappa shape index (κ1) is 25.8. The standard InChI is InChI=1S/C27H28BrClN2O3S/c1-18(2)19-10-12-22(13-11-19)35(32,33)31-25(20-8-6-5-7-9-20)27(34-15-14-30(3)4)23-16-21(29)17-24(28)26(23)31/h5-13,16-18H,14-15H2,1-4H3. The summed E-state index contributed by atoms with van der Waals surface area (Å²) >= 11 is 9.99. The molecule has 4 rings (SSSR count). The minimum absolute atomic E-state index is 0.206. The molecule has 0 saturated heterocycles. The molecule has 0 bridgehead atoms. The van der Waals surface area contributed by atoms with Crippen molar-refractivity contribution in [1.29, 1.82) is 0 Å². The van der Waals surface area contributed by atoms with E-state index >= 15 is 0 Å². The van der Waals surface area contributed by atoms with Crippen LogP contribution in [0.3, 0.4) is 0 Å². The Hall–Kier alpha value is -2.32. The Labute approximate surface area is 220 Å². The van der Waals surface area contributed by atoms with Crippen LogP contribution in [0.25, 0.3) is 22.2 Å². The maximum absolute atomic E-state index is 14.2. The first-order chi connectivity index (χ1) is 16.6. The fourth-order valence-electron chi connectivity index (χ4n) is 3.97. The van der Waals surface area contributed by atoms with Crippen LogP contribution >= 0.6 is 27.5 Å². The highest BCUT2D eigenvalue weighted by molar-refractivity contribution is 9.10. The van der Waals surface area contributed by atoms with Gasteiger partial charge in [0, 0.05) is 27.0 Å². The minimum Gasteiger partial charge on any atom is -0.489 e. The van der Waals surface area contributed by atoms with E-state index in [0.717, 1.165) is 11.1 Å². The third-order valence-corrected chi connectivity index (χ3v) is 8.35. The molecule has 35 heavy (non-hydrogen) atoms. The van der Waals surface area contributed by atoms with Crippen LogP contribution in [0, 0.1) is 0 Å².